The number of pyridine rings is 1. The number of nitrogens with zero attached hydrogens (tertiary/aromatic N) is 3. The molecule has 2 aromatic heterocycles. The first kappa shape index (κ1) is 19.3. The number of anilines is 1. The number of aromatic nitrogens is 2. The van der Waals surface area contributed by atoms with Crippen molar-refractivity contribution in [3.63, 3.8) is 0 Å². The average molecular weight is 427 g/mol. The van der Waals surface area contributed by atoms with E-state index in [1.807, 2.05) is 60.8 Å². The number of ether oxygens (including phenoxy) is 1. The topological polar surface area (TPSA) is 42.3 Å². The molecule has 0 aliphatic carbocycles. The molecule has 3 heterocycles. The molecule has 2 atom stereocenters. The van der Waals surface area contributed by atoms with Crippen molar-refractivity contribution in [2.75, 3.05) is 12.0 Å². The Kier molecular flexibility index (Phi) is 5.14. The molecule has 2 aromatic carbocycles. The van der Waals surface area contributed by atoms with E-state index in [9.17, 15) is 0 Å². The maximum Gasteiger partial charge on any atom is 0.174 e. The molecule has 0 amide bonds. The number of hydrogen-bond acceptors (Lipinski definition) is 3. The van der Waals surface area contributed by atoms with E-state index in [0.29, 0.717) is 5.11 Å². The highest BCUT2D eigenvalue weighted by Crippen LogP contribution is 2.42. The van der Waals surface area contributed by atoms with Gasteiger partial charge in [-0.15, -0.1) is 0 Å². The van der Waals surface area contributed by atoms with Crippen molar-refractivity contribution in [1.29, 1.82) is 0 Å². The standard InChI is InChI=1S/C25H22N4OS/c1-30-20-12-7-11-19(17-20)28-16-8-14-22(28)24-23(21-13-5-6-15-26-21)27-25(31)29(24)18-9-3-2-4-10-18/h2-17,23-24H,1H3,(H,27,31)/t23-,24-/m0/s1. The Balaban J connectivity index is 1.66. The van der Waals surface area contributed by atoms with Crippen LogP contribution in [0.25, 0.3) is 5.69 Å². The largest absolute Gasteiger partial charge is 0.497 e. The van der Waals surface area contributed by atoms with Crippen molar-refractivity contribution in [1.82, 2.24) is 14.9 Å². The smallest absolute Gasteiger partial charge is 0.174 e. The molecule has 5 nitrogen and oxygen atoms in total. The number of thiocarbonyl (C=S) groups is 1. The second-order valence-electron chi connectivity index (χ2n) is 7.34. The van der Waals surface area contributed by atoms with Crippen LogP contribution in [0.5, 0.6) is 5.75 Å². The Hall–Kier alpha value is -3.64. The summed E-state index contributed by atoms with van der Waals surface area (Å²) >= 11 is 5.81. The van der Waals surface area contributed by atoms with Crippen LogP contribution >= 0.6 is 12.2 Å². The molecule has 0 saturated carbocycles. The predicted molar refractivity (Wildman–Crippen MR) is 127 cm³/mol. The summed E-state index contributed by atoms with van der Waals surface area (Å²) in [6, 6.07) is 28.3. The minimum absolute atomic E-state index is 0.0778. The van der Waals surface area contributed by atoms with Gasteiger partial charge in [-0.2, -0.15) is 0 Å². The second-order valence-corrected chi connectivity index (χ2v) is 7.72. The van der Waals surface area contributed by atoms with E-state index in [1.165, 1.54) is 0 Å². The van der Waals surface area contributed by atoms with Crippen molar-refractivity contribution >= 4 is 23.0 Å². The fraction of sp³-hybridized carbons (Fsp3) is 0.120. The molecule has 6 heteroatoms. The minimum Gasteiger partial charge on any atom is -0.497 e. The molecule has 0 unspecified atom stereocenters. The molecular formula is C25H22N4OS. The Bertz CT molecular complexity index is 1190. The Morgan fingerprint density at radius 2 is 1.71 bits per heavy atom. The van der Waals surface area contributed by atoms with E-state index in [1.54, 1.807) is 7.11 Å². The highest BCUT2D eigenvalue weighted by Gasteiger charge is 2.42. The quantitative estimate of drug-likeness (QED) is 0.452. The third kappa shape index (κ3) is 3.55. The van der Waals surface area contributed by atoms with Gasteiger partial charge in [0.05, 0.1) is 18.8 Å². The Morgan fingerprint density at radius 3 is 2.48 bits per heavy atom. The fourth-order valence-corrected chi connectivity index (χ4v) is 4.50. The normalized spacial score (nSPS) is 18.1. The number of nitrogens with one attached hydrogen (secondary N) is 1. The molecule has 1 fully saturated rings. The highest BCUT2D eigenvalue weighted by molar-refractivity contribution is 7.80. The van der Waals surface area contributed by atoms with Crippen molar-refractivity contribution in [2.45, 2.75) is 12.1 Å². The number of hydrogen-bond donors (Lipinski definition) is 1. The van der Waals surface area contributed by atoms with Crippen LogP contribution in [0.2, 0.25) is 0 Å². The van der Waals surface area contributed by atoms with Crippen LogP contribution in [0.4, 0.5) is 5.69 Å². The van der Waals surface area contributed by atoms with Crippen LogP contribution < -0.4 is 15.0 Å². The number of benzene rings is 2. The van der Waals surface area contributed by atoms with Crippen molar-refractivity contribution in [3.8, 4) is 11.4 Å². The van der Waals surface area contributed by atoms with E-state index in [0.717, 1.165) is 28.5 Å². The van der Waals surface area contributed by atoms with Crippen LogP contribution in [0.15, 0.2) is 97.3 Å². The van der Waals surface area contributed by atoms with Gasteiger partial charge in [0, 0.05) is 35.5 Å². The maximum absolute atomic E-state index is 5.81. The van der Waals surface area contributed by atoms with Gasteiger partial charge in [0.25, 0.3) is 0 Å². The van der Waals surface area contributed by atoms with Crippen LogP contribution in [-0.4, -0.2) is 21.8 Å². The third-order valence-corrected chi connectivity index (χ3v) is 5.86. The van der Waals surface area contributed by atoms with E-state index in [4.69, 9.17) is 17.0 Å². The third-order valence-electron chi connectivity index (χ3n) is 5.55. The molecule has 5 rings (SSSR count). The summed E-state index contributed by atoms with van der Waals surface area (Å²) < 4.78 is 7.64. The molecule has 4 aromatic rings. The van der Waals surface area contributed by atoms with Gasteiger partial charge in [0.15, 0.2) is 5.11 Å². The SMILES string of the molecule is COc1cccc(-n2cccc2[C@H]2[C@H](c3ccccn3)NC(=S)N2c2ccccc2)c1. The lowest BCUT2D eigenvalue weighted by atomic mass is 10.0. The summed E-state index contributed by atoms with van der Waals surface area (Å²) in [4.78, 5) is 6.82. The van der Waals surface area contributed by atoms with E-state index in [-0.39, 0.29) is 12.1 Å². The van der Waals surface area contributed by atoms with Gasteiger partial charge in [-0.05, 0) is 60.7 Å². The van der Waals surface area contributed by atoms with Gasteiger partial charge in [0.2, 0.25) is 0 Å². The average Bonchev–Trinajstić information content (AvgIpc) is 3.44. The number of rotatable bonds is 5. The van der Waals surface area contributed by atoms with E-state index < -0.39 is 0 Å². The second kappa shape index (κ2) is 8.24. The molecule has 1 N–H and O–H groups in total. The maximum atomic E-state index is 5.81. The first-order valence-corrected chi connectivity index (χ1v) is 10.5. The number of methoxy groups -OCH3 is 1. The van der Waals surface area contributed by atoms with Gasteiger partial charge in [-0.3, -0.25) is 4.98 Å². The molecule has 0 spiro atoms. The zero-order valence-corrected chi connectivity index (χ0v) is 17.9. The summed E-state index contributed by atoms with van der Waals surface area (Å²) in [5.74, 6) is 0.818. The highest BCUT2D eigenvalue weighted by atomic mass is 32.1. The molecule has 31 heavy (non-hydrogen) atoms. The summed E-state index contributed by atoms with van der Waals surface area (Å²) in [6.07, 6.45) is 3.90. The monoisotopic (exact) mass is 426 g/mol. The van der Waals surface area contributed by atoms with Gasteiger partial charge in [-0.1, -0.05) is 30.3 Å². The number of para-hydroxylation sites is 1. The van der Waals surface area contributed by atoms with Crippen molar-refractivity contribution in [3.05, 3.63) is 109 Å². The molecule has 1 aliphatic heterocycles. The summed E-state index contributed by atoms with van der Waals surface area (Å²) in [6.45, 7) is 0. The Morgan fingerprint density at radius 1 is 0.903 bits per heavy atom. The lowest BCUT2D eigenvalue weighted by Gasteiger charge is -2.29. The lowest BCUT2D eigenvalue weighted by Crippen LogP contribution is -2.30. The lowest BCUT2D eigenvalue weighted by molar-refractivity contribution is 0.414. The van der Waals surface area contributed by atoms with Crippen molar-refractivity contribution < 1.29 is 4.74 Å². The minimum atomic E-state index is -0.0897. The summed E-state index contributed by atoms with van der Waals surface area (Å²) in [5, 5.41) is 4.20. The molecular weight excluding hydrogens is 404 g/mol. The first-order valence-electron chi connectivity index (χ1n) is 10.1. The summed E-state index contributed by atoms with van der Waals surface area (Å²) in [7, 11) is 1.68. The van der Waals surface area contributed by atoms with Crippen LogP contribution in [0.3, 0.4) is 0 Å². The fourth-order valence-electron chi connectivity index (χ4n) is 4.15. The zero-order valence-electron chi connectivity index (χ0n) is 17.1. The van der Waals surface area contributed by atoms with Crippen LogP contribution in [0, 0.1) is 0 Å². The van der Waals surface area contributed by atoms with Gasteiger partial charge in [0.1, 0.15) is 11.8 Å². The van der Waals surface area contributed by atoms with Crippen molar-refractivity contribution in [2.24, 2.45) is 0 Å². The van der Waals surface area contributed by atoms with Crippen LogP contribution in [-0.2, 0) is 0 Å². The first-order chi connectivity index (χ1) is 15.3. The van der Waals surface area contributed by atoms with Gasteiger partial charge < -0.3 is 19.5 Å². The predicted octanol–water partition coefficient (Wildman–Crippen LogP) is 5.06. The molecule has 154 valence electrons. The van der Waals surface area contributed by atoms with Crippen LogP contribution in [0.1, 0.15) is 23.5 Å². The molecule has 1 saturated heterocycles. The molecule has 1 aliphatic rings. The van der Waals surface area contributed by atoms with E-state index in [2.05, 4.69) is 56.3 Å². The summed E-state index contributed by atoms with van der Waals surface area (Å²) in [5.41, 5.74) is 4.14. The van der Waals surface area contributed by atoms with Gasteiger partial charge in [-0.25, -0.2) is 0 Å². The van der Waals surface area contributed by atoms with E-state index >= 15 is 0 Å². The zero-order chi connectivity index (χ0) is 21.2. The van der Waals surface area contributed by atoms with Gasteiger partial charge >= 0.3 is 0 Å². The molecule has 0 radical (unpaired) electrons. The molecule has 0 bridgehead atoms. The Labute approximate surface area is 186 Å².